The van der Waals surface area contributed by atoms with Crippen LogP contribution in [0.15, 0.2) is 53.5 Å². The van der Waals surface area contributed by atoms with Gasteiger partial charge in [-0.05, 0) is 43.0 Å². The Morgan fingerprint density at radius 3 is 2.70 bits per heavy atom. The summed E-state index contributed by atoms with van der Waals surface area (Å²) in [6.45, 7) is 1.75. The van der Waals surface area contributed by atoms with Crippen LogP contribution in [0.4, 0.5) is 10.1 Å². The molecule has 2 aromatic carbocycles. The van der Waals surface area contributed by atoms with Crippen LogP contribution in [-0.4, -0.2) is 41.3 Å². The largest absolute Gasteiger partial charge is 0.342 e. The summed E-state index contributed by atoms with van der Waals surface area (Å²) in [6, 6.07) is 14.8. The lowest BCUT2D eigenvalue weighted by Gasteiger charge is -2.31. The molecule has 2 heterocycles. The predicted octanol–water partition coefficient (Wildman–Crippen LogP) is 3.97. The fraction of sp³-hybridized carbons (Fsp3) is 0.417. The molecule has 1 atom stereocenters. The van der Waals surface area contributed by atoms with Crippen molar-refractivity contribution in [3.8, 4) is 0 Å². The highest BCUT2D eigenvalue weighted by Crippen LogP contribution is 2.32. The zero-order valence-corrected chi connectivity index (χ0v) is 17.0. The van der Waals surface area contributed by atoms with Crippen LogP contribution in [0.5, 0.6) is 0 Å². The molecule has 1 saturated carbocycles. The molecule has 156 valence electrons. The summed E-state index contributed by atoms with van der Waals surface area (Å²) in [4.78, 5) is 19.9. The van der Waals surface area contributed by atoms with Crippen molar-refractivity contribution < 1.29 is 9.18 Å². The standard InChI is InChI=1S/C24H27FN4O/c25-20-11-5-4-10-19(20)22(30)29-14-13-24(16-29)23(27-18-8-2-3-9-18)28-21-12-6-1-7-17(21)15-26-24/h1,4-7,10-12,18,26H,2-3,8-9,13-16H2,(H,27,28)/t24-/m1/s1. The molecule has 1 saturated heterocycles. The number of rotatable bonds is 2. The number of likely N-dealkylation sites (tertiary alicyclic amines) is 1. The molecule has 1 amide bonds. The molecule has 2 N–H and O–H groups in total. The molecule has 5 rings (SSSR count). The number of hydrogen-bond acceptors (Lipinski definition) is 3. The molecule has 3 aliphatic rings. The molecule has 1 spiro atoms. The van der Waals surface area contributed by atoms with Crippen molar-refractivity contribution in [1.82, 2.24) is 10.2 Å². The van der Waals surface area contributed by atoms with E-state index in [1.807, 2.05) is 12.1 Å². The van der Waals surface area contributed by atoms with Crippen LogP contribution in [0, 0.1) is 5.82 Å². The van der Waals surface area contributed by atoms with E-state index < -0.39 is 11.4 Å². The Morgan fingerprint density at radius 2 is 1.87 bits per heavy atom. The van der Waals surface area contributed by atoms with E-state index in [1.54, 1.807) is 23.1 Å². The number of fused-ring (bicyclic) bond motifs is 1. The third-order valence-corrected chi connectivity index (χ3v) is 6.64. The van der Waals surface area contributed by atoms with Gasteiger partial charge in [0.05, 0.1) is 17.1 Å². The first-order valence-electron chi connectivity index (χ1n) is 10.9. The van der Waals surface area contributed by atoms with E-state index in [1.165, 1.54) is 24.5 Å². The smallest absolute Gasteiger partial charge is 0.256 e. The van der Waals surface area contributed by atoms with Gasteiger partial charge in [0.1, 0.15) is 11.7 Å². The van der Waals surface area contributed by atoms with Gasteiger partial charge in [0.15, 0.2) is 0 Å². The number of amides is 1. The average Bonchev–Trinajstić information content (AvgIpc) is 3.40. The summed E-state index contributed by atoms with van der Waals surface area (Å²) in [7, 11) is 0. The van der Waals surface area contributed by atoms with E-state index in [0.29, 0.717) is 25.7 Å². The molecular formula is C24H27FN4O. The van der Waals surface area contributed by atoms with Gasteiger partial charge in [-0.1, -0.05) is 43.2 Å². The van der Waals surface area contributed by atoms with E-state index in [9.17, 15) is 9.18 Å². The lowest BCUT2D eigenvalue weighted by Crippen LogP contribution is -2.55. The molecule has 2 aromatic rings. The van der Waals surface area contributed by atoms with Gasteiger partial charge in [-0.15, -0.1) is 0 Å². The quantitative estimate of drug-likeness (QED) is 0.794. The normalized spacial score (nSPS) is 25.4. The minimum atomic E-state index is -0.470. The van der Waals surface area contributed by atoms with Gasteiger partial charge >= 0.3 is 0 Å². The molecule has 30 heavy (non-hydrogen) atoms. The van der Waals surface area contributed by atoms with E-state index in [4.69, 9.17) is 4.99 Å². The van der Waals surface area contributed by atoms with Crippen LogP contribution >= 0.6 is 0 Å². The summed E-state index contributed by atoms with van der Waals surface area (Å²) in [6.07, 6.45) is 5.41. The summed E-state index contributed by atoms with van der Waals surface area (Å²) >= 11 is 0. The van der Waals surface area contributed by atoms with Crippen molar-refractivity contribution in [2.75, 3.05) is 18.4 Å². The Bertz CT molecular complexity index is 985. The second-order valence-electron chi connectivity index (χ2n) is 8.59. The van der Waals surface area contributed by atoms with Gasteiger partial charge in [-0.25, -0.2) is 4.39 Å². The van der Waals surface area contributed by atoms with Gasteiger partial charge in [0.2, 0.25) is 0 Å². The topological polar surface area (TPSA) is 56.7 Å². The fourth-order valence-electron chi connectivity index (χ4n) is 4.89. The lowest BCUT2D eigenvalue weighted by atomic mass is 9.96. The van der Waals surface area contributed by atoms with Crippen molar-refractivity contribution in [2.24, 2.45) is 4.99 Å². The van der Waals surface area contributed by atoms with Gasteiger partial charge in [0.25, 0.3) is 5.91 Å². The van der Waals surface area contributed by atoms with Crippen LogP contribution in [-0.2, 0) is 6.54 Å². The van der Waals surface area contributed by atoms with Crippen molar-refractivity contribution in [3.05, 3.63) is 65.5 Å². The number of anilines is 1. The summed E-state index contributed by atoms with van der Waals surface area (Å²) < 4.78 is 14.2. The van der Waals surface area contributed by atoms with Crippen LogP contribution in [0.25, 0.3) is 0 Å². The highest BCUT2D eigenvalue weighted by Gasteiger charge is 2.46. The van der Waals surface area contributed by atoms with Crippen LogP contribution in [0.3, 0.4) is 0 Å². The summed E-state index contributed by atoms with van der Waals surface area (Å²) in [5, 5.41) is 7.31. The number of nitrogens with one attached hydrogen (secondary N) is 2. The molecule has 1 aliphatic carbocycles. The Kier molecular flexibility index (Phi) is 5.03. The zero-order chi connectivity index (χ0) is 20.6. The van der Waals surface area contributed by atoms with Crippen LogP contribution in [0.2, 0.25) is 0 Å². The van der Waals surface area contributed by atoms with Gasteiger partial charge in [-0.3, -0.25) is 15.1 Å². The third-order valence-electron chi connectivity index (χ3n) is 6.64. The van der Waals surface area contributed by atoms with Crippen LogP contribution in [0.1, 0.15) is 48.0 Å². The molecule has 0 radical (unpaired) electrons. The number of aliphatic imine (C=N–C) groups is 1. The maximum absolute atomic E-state index is 14.2. The number of carbonyl (C=O) groups is 1. The number of nitrogens with zero attached hydrogens (tertiary/aromatic N) is 2. The predicted molar refractivity (Wildman–Crippen MR) is 116 cm³/mol. The molecule has 0 unspecified atom stereocenters. The first-order valence-corrected chi connectivity index (χ1v) is 10.9. The molecular weight excluding hydrogens is 379 g/mol. The molecule has 5 nitrogen and oxygen atoms in total. The maximum Gasteiger partial charge on any atom is 0.256 e. The molecule has 2 aliphatic heterocycles. The van der Waals surface area contributed by atoms with Crippen LogP contribution < -0.4 is 10.6 Å². The van der Waals surface area contributed by atoms with Gasteiger partial charge < -0.3 is 10.2 Å². The number of carbonyl (C=O) groups excluding carboxylic acids is 1. The molecule has 0 bridgehead atoms. The Morgan fingerprint density at radius 1 is 1.10 bits per heavy atom. The summed E-state index contributed by atoms with van der Waals surface area (Å²) in [5.74, 6) is 0.194. The van der Waals surface area contributed by atoms with Crippen molar-refractivity contribution in [2.45, 2.75) is 50.2 Å². The van der Waals surface area contributed by atoms with E-state index >= 15 is 0 Å². The second kappa shape index (κ2) is 7.84. The van der Waals surface area contributed by atoms with E-state index in [0.717, 1.165) is 30.8 Å². The minimum Gasteiger partial charge on any atom is -0.342 e. The van der Waals surface area contributed by atoms with E-state index in [-0.39, 0.29) is 11.5 Å². The van der Waals surface area contributed by atoms with Crippen molar-refractivity contribution in [1.29, 1.82) is 0 Å². The number of halogens is 1. The Hall–Kier alpha value is -2.73. The van der Waals surface area contributed by atoms with Gasteiger partial charge in [-0.2, -0.15) is 0 Å². The summed E-state index contributed by atoms with van der Waals surface area (Å²) in [5.41, 5.74) is 1.95. The number of para-hydroxylation sites is 1. The number of hydrogen-bond donors (Lipinski definition) is 2. The highest BCUT2D eigenvalue weighted by molar-refractivity contribution is 6.05. The minimum absolute atomic E-state index is 0.133. The van der Waals surface area contributed by atoms with E-state index in [2.05, 4.69) is 22.8 Å². The molecule has 6 heteroatoms. The first kappa shape index (κ1) is 19.2. The fourth-order valence-corrected chi connectivity index (χ4v) is 4.89. The third kappa shape index (κ3) is 3.49. The lowest BCUT2D eigenvalue weighted by molar-refractivity contribution is 0.0781. The molecule has 0 aromatic heterocycles. The average molecular weight is 407 g/mol. The SMILES string of the molecule is O=C(c1ccccc1F)N1CC[C@]2(C1)NCc1ccccc1NC2=NC1CCCC1. The zero-order valence-electron chi connectivity index (χ0n) is 17.0. The first-order chi connectivity index (χ1) is 14.6. The number of benzene rings is 2. The molecule has 2 fully saturated rings. The Labute approximate surface area is 176 Å². The Balaban J connectivity index is 1.46. The van der Waals surface area contributed by atoms with Crippen molar-refractivity contribution >= 4 is 17.4 Å². The van der Waals surface area contributed by atoms with Gasteiger partial charge in [0, 0.05) is 25.3 Å². The van der Waals surface area contributed by atoms with Crippen molar-refractivity contribution in [3.63, 3.8) is 0 Å². The monoisotopic (exact) mass is 406 g/mol. The highest BCUT2D eigenvalue weighted by atomic mass is 19.1. The maximum atomic E-state index is 14.2. The second-order valence-corrected chi connectivity index (χ2v) is 8.59. The number of amidine groups is 1.